The molecule has 1 heterocycles. The first kappa shape index (κ1) is 20.3. The lowest BCUT2D eigenvalue weighted by atomic mass is 9.83. The number of phenols is 1. The number of rotatable bonds is 5. The maximum Gasteiger partial charge on any atom is 0.136 e. The highest BCUT2D eigenvalue weighted by Gasteiger charge is 2.38. The maximum atomic E-state index is 9.73. The minimum Gasteiger partial charge on any atom is -0.508 e. The molecule has 3 nitrogen and oxygen atoms in total. The van der Waals surface area contributed by atoms with Crippen LogP contribution in [0.2, 0.25) is 0 Å². The first-order valence-corrected chi connectivity index (χ1v) is 12.1. The minimum absolute atomic E-state index is 0.00251. The molecule has 4 heteroatoms. The van der Waals surface area contributed by atoms with Crippen LogP contribution < -0.4 is 9.47 Å². The van der Waals surface area contributed by atoms with E-state index in [0.29, 0.717) is 23.5 Å². The molecule has 3 aromatic carbocycles. The number of ether oxygens (including phenoxy) is 2. The van der Waals surface area contributed by atoms with Crippen LogP contribution in [0.5, 0.6) is 17.2 Å². The molecule has 0 unspecified atom stereocenters. The molecule has 1 saturated carbocycles. The van der Waals surface area contributed by atoms with Gasteiger partial charge in [0.25, 0.3) is 0 Å². The zero-order valence-corrected chi connectivity index (χ0v) is 18.4. The van der Waals surface area contributed by atoms with Gasteiger partial charge in [-0.3, -0.25) is 0 Å². The molecule has 1 aliphatic carbocycles. The van der Waals surface area contributed by atoms with E-state index in [0.717, 1.165) is 27.5 Å². The quantitative estimate of drug-likeness (QED) is 0.465. The lowest BCUT2D eigenvalue weighted by molar-refractivity contribution is 0.152. The molecule has 0 radical (unpaired) electrons. The number of thioether (sulfide) groups is 1. The predicted octanol–water partition coefficient (Wildman–Crippen LogP) is 7.15. The summed E-state index contributed by atoms with van der Waals surface area (Å²) in [6.45, 7) is 0.563. The van der Waals surface area contributed by atoms with Crippen molar-refractivity contribution in [1.82, 2.24) is 0 Å². The van der Waals surface area contributed by atoms with Crippen LogP contribution in [-0.2, 0) is 6.61 Å². The van der Waals surface area contributed by atoms with Crippen molar-refractivity contribution in [2.75, 3.05) is 0 Å². The van der Waals surface area contributed by atoms with E-state index in [-0.39, 0.29) is 6.10 Å². The van der Waals surface area contributed by atoms with Crippen LogP contribution in [-0.4, -0.2) is 10.4 Å². The van der Waals surface area contributed by atoms with Gasteiger partial charge in [0, 0.05) is 0 Å². The van der Waals surface area contributed by atoms with Gasteiger partial charge < -0.3 is 14.6 Å². The number of phenolic OH excluding ortho intramolecular Hbond substituents is 1. The maximum absolute atomic E-state index is 9.73. The van der Waals surface area contributed by atoms with Gasteiger partial charge >= 0.3 is 0 Å². The van der Waals surface area contributed by atoms with Crippen molar-refractivity contribution in [2.24, 2.45) is 5.92 Å². The van der Waals surface area contributed by atoms with Crippen molar-refractivity contribution in [3.05, 3.63) is 83.9 Å². The Morgan fingerprint density at radius 2 is 1.68 bits per heavy atom. The number of aromatic hydroxyl groups is 1. The fourth-order valence-corrected chi connectivity index (χ4v) is 6.16. The van der Waals surface area contributed by atoms with E-state index in [1.807, 2.05) is 54.2 Å². The van der Waals surface area contributed by atoms with Gasteiger partial charge in [-0.2, -0.15) is 0 Å². The Kier molecular flexibility index (Phi) is 6.08. The zero-order valence-electron chi connectivity index (χ0n) is 17.6. The average molecular weight is 433 g/mol. The molecular weight excluding hydrogens is 404 g/mol. The van der Waals surface area contributed by atoms with Crippen molar-refractivity contribution in [2.45, 2.75) is 55.0 Å². The highest BCUT2D eigenvalue weighted by Crippen LogP contribution is 2.51. The van der Waals surface area contributed by atoms with E-state index in [9.17, 15) is 5.11 Å². The molecule has 1 N–H and O–H groups in total. The summed E-state index contributed by atoms with van der Waals surface area (Å²) in [5.41, 5.74) is 2.30. The van der Waals surface area contributed by atoms with E-state index in [1.54, 1.807) is 12.1 Å². The van der Waals surface area contributed by atoms with Gasteiger partial charge in [-0.1, -0.05) is 61.7 Å². The van der Waals surface area contributed by atoms with Crippen molar-refractivity contribution in [3.8, 4) is 17.2 Å². The minimum atomic E-state index is -0.00251. The van der Waals surface area contributed by atoms with Gasteiger partial charge in [0.2, 0.25) is 0 Å². The van der Waals surface area contributed by atoms with Crippen LogP contribution in [0.25, 0.3) is 0 Å². The highest BCUT2D eigenvalue weighted by atomic mass is 32.2. The topological polar surface area (TPSA) is 38.7 Å². The van der Waals surface area contributed by atoms with Gasteiger partial charge in [0.1, 0.15) is 30.0 Å². The lowest BCUT2D eigenvalue weighted by Gasteiger charge is -2.39. The zero-order chi connectivity index (χ0) is 21.0. The molecule has 0 bridgehead atoms. The van der Waals surface area contributed by atoms with E-state index < -0.39 is 0 Å². The monoisotopic (exact) mass is 432 g/mol. The van der Waals surface area contributed by atoms with Gasteiger partial charge in [-0.05, 0) is 60.2 Å². The van der Waals surface area contributed by atoms with E-state index in [4.69, 9.17) is 9.47 Å². The second kappa shape index (κ2) is 9.27. The second-order valence-corrected chi connectivity index (χ2v) is 9.71. The van der Waals surface area contributed by atoms with E-state index in [1.165, 1.54) is 32.1 Å². The summed E-state index contributed by atoms with van der Waals surface area (Å²) in [6.07, 6.45) is 6.46. The van der Waals surface area contributed by atoms with Crippen LogP contribution in [0.4, 0.5) is 0 Å². The summed E-state index contributed by atoms with van der Waals surface area (Å²) < 4.78 is 12.7. The Morgan fingerprint density at radius 1 is 0.903 bits per heavy atom. The summed E-state index contributed by atoms with van der Waals surface area (Å²) in [5.74, 6) is 2.73. The standard InChI is InChI=1S/C27H28O3S/c28-22-13-11-20(12-14-22)26-27(21-9-5-2-6-10-21)31-25-17-23(15-16-24(25)30-26)29-18-19-7-3-1-4-8-19/h1,3-4,7-8,11-17,21,26-28H,2,5-6,9-10,18H2/t26-,27+/m1/s1. The second-order valence-electron chi connectivity index (χ2n) is 8.49. The molecular formula is C27H28O3S. The van der Waals surface area contributed by atoms with Crippen LogP contribution in [0.3, 0.4) is 0 Å². The van der Waals surface area contributed by atoms with Crippen LogP contribution in [0.15, 0.2) is 77.7 Å². The molecule has 2 aliphatic rings. The third-order valence-electron chi connectivity index (χ3n) is 6.31. The predicted molar refractivity (Wildman–Crippen MR) is 125 cm³/mol. The van der Waals surface area contributed by atoms with Crippen LogP contribution >= 0.6 is 11.8 Å². The first-order valence-electron chi connectivity index (χ1n) is 11.2. The Labute approximate surface area is 188 Å². The molecule has 3 aromatic rings. The Bertz CT molecular complexity index is 997. The third kappa shape index (κ3) is 4.69. The van der Waals surface area contributed by atoms with Crippen molar-refractivity contribution < 1.29 is 14.6 Å². The summed E-state index contributed by atoms with van der Waals surface area (Å²) >= 11 is 1.94. The largest absolute Gasteiger partial charge is 0.508 e. The van der Waals surface area contributed by atoms with Crippen molar-refractivity contribution >= 4 is 11.8 Å². The van der Waals surface area contributed by atoms with Gasteiger partial charge in [-0.25, -0.2) is 0 Å². The van der Waals surface area contributed by atoms with E-state index >= 15 is 0 Å². The van der Waals surface area contributed by atoms with Crippen molar-refractivity contribution in [1.29, 1.82) is 0 Å². The van der Waals surface area contributed by atoms with Gasteiger partial charge in [0.15, 0.2) is 0 Å². The highest BCUT2D eigenvalue weighted by molar-refractivity contribution is 8.00. The molecule has 2 atom stereocenters. The molecule has 0 aromatic heterocycles. The number of benzene rings is 3. The first-order chi connectivity index (χ1) is 15.3. The average Bonchev–Trinajstić information content (AvgIpc) is 2.83. The molecule has 160 valence electrons. The summed E-state index contributed by atoms with van der Waals surface area (Å²) in [6, 6.07) is 23.9. The Balaban J connectivity index is 1.39. The fourth-order valence-electron chi connectivity index (χ4n) is 4.65. The summed E-state index contributed by atoms with van der Waals surface area (Å²) in [4.78, 5) is 1.16. The normalized spacial score (nSPS) is 21.2. The lowest BCUT2D eigenvalue weighted by Crippen LogP contribution is -2.32. The number of fused-ring (bicyclic) bond motifs is 1. The summed E-state index contributed by atoms with van der Waals surface area (Å²) in [5, 5.41) is 10.1. The summed E-state index contributed by atoms with van der Waals surface area (Å²) in [7, 11) is 0. The molecule has 0 amide bonds. The fraction of sp³-hybridized carbons (Fsp3) is 0.333. The number of hydrogen-bond acceptors (Lipinski definition) is 4. The Hall–Kier alpha value is -2.59. The molecule has 0 spiro atoms. The van der Waals surface area contributed by atoms with Gasteiger partial charge in [0.05, 0.1) is 10.1 Å². The molecule has 1 fully saturated rings. The SMILES string of the molecule is Oc1ccc([C@H]2Oc3ccc(OCc4ccccc4)cc3S[C@H]2C2CCCCC2)cc1. The molecule has 1 aliphatic heterocycles. The number of hydrogen-bond donors (Lipinski definition) is 1. The molecule has 31 heavy (non-hydrogen) atoms. The van der Waals surface area contributed by atoms with Crippen LogP contribution in [0.1, 0.15) is 49.3 Å². The molecule has 5 rings (SSSR count). The smallest absolute Gasteiger partial charge is 0.136 e. The molecule has 0 saturated heterocycles. The van der Waals surface area contributed by atoms with E-state index in [2.05, 4.69) is 18.2 Å². The van der Waals surface area contributed by atoms with Gasteiger partial charge in [-0.15, -0.1) is 11.8 Å². The van der Waals surface area contributed by atoms with Crippen LogP contribution in [0, 0.1) is 5.92 Å². The Morgan fingerprint density at radius 3 is 2.45 bits per heavy atom. The third-order valence-corrected chi connectivity index (χ3v) is 7.79. The van der Waals surface area contributed by atoms with Crippen molar-refractivity contribution in [3.63, 3.8) is 0 Å².